The summed E-state index contributed by atoms with van der Waals surface area (Å²) in [6, 6.07) is 0. The Hall–Kier alpha value is -0.160. The highest BCUT2D eigenvalue weighted by Crippen LogP contribution is 2.06. The third kappa shape index (κ3) is 6.32. The second-order valence-electron chi connectivity index (χ2n) is 3.73. The monoisotopic (exact) mass is 205 g/mol. The SMILES string of the molecule is CCN(CC)CC(C)(O)COCCO. The van der Waals surface area contributed by atoms with Crippen molar-refractivity contribution < 1.29 is 14.9 Å². The van der Waals surface area contributed by atoms with E-state index in [4.69, 9.17) is 9.84 Å². The van der Waals surface area contributed by atoms with Gasteiger partial charge in [-0.15, -0.1) is 0 Å². The van der Waals surface area contributed by atoms with Gasteiger partial charge in [0.1, 0.15) is 0 Å². The van der Waals surface area contributed by atoms with Gasteiger partial charge in [-0.3, -0.25) is 0 Å². The molecule has 0 heterocycles. The number of rotatable bonds is 8. The lowest BCUT2D eigenvalue weighted by Crippen LogP contribution is -2.44. The summed E-state index contributed by atoms with van der Waals surface area (Å²) in [5, 5.41) is 18.4. The Morgan fingerprint density at radius 1 is 1.29 bits per heavy atom. The predicted molar refractivity (Wildman–Crippen MR) is 56.3 cm³/mol. The normalized spacial score (nSPS) is 15.9. The minimum Gasteiger partial charge on any atom is -0.394 e. The highest BCUT2D eigenvalue weighted by molar-refractivity contribution is 4.76. The highest BCUT2D eigenvalue weighted by Gasteiger charge is 2.22. The van der Waals surface area contributed by atoms with Crippen LogP contribution in [0.25, 0.3) is 0 Å². The molecule has 0 radical (unpaired) electrons. The van der Waals surface area contributed by atoms with Crippen molar-refractivity contribution >= 4 is 0 Å². The molecule has 0 aliphatic rings. The summed E-state index contributed by atoms with van der Waals surface area (Å²) in [5.41, 5.74) is -0.832. The maximum Gasteiger partial charge on any atom is 0.0978 e. The van der Waals surface area contributed by atoms with Gasteiger partial charge in [0.2, 0.25) is 0 Å². The van der Waals surface area contributed by atoms with Crippen LogP contribution in [-0.2, 0) is 4.74 Å². The number of nitrogens with zero attached hydrogens (tertiary/aromatic N) is 1. The zero-order valence-electron chi connectivity index (χ0n) is 9.49. The average molecular weight is 205 g/mol. The van der Waals surface area contributed by atoms with E-state index in [1.807, 2.05) is 0 Å². The summed E-state index contributed by atoms with van der Waals surface area (Å²) in [5.74, 6) is 0. The molecule has 14 heavy (non-hydrogen) atoms. The third-order valence-corrected chi connectivity index (χ3v) is 2.11. The van der Waals surface area contributed by atoms with Crippen LogP contribution in [0.1, 0.15) is 20.8 Å². The third-order valence-electron chi connectivity index (χ3n) is 2.11. The summed E-state index contributed by atoms with van der Waals surface area (Å²) < 4.78 is 5.11. The molecule has 0 saturated heterocycles. The van der Waals surface area contributed by atoms with Crippen LogP contribution >= 0.6 is 0 Å². The molecule has 1 unspecified atom stereocenters. The van der Waals surface area contributed by atoms with Crippen LogP contribution in [0, 0.1) is 0 Å². The van der Waals surface area contributed by atoms with Crippen molar-refractivity contribution in [1.82, 2.24) is 4.90 Å². The van der Waals surface area contributed by atoms with Crippen molar-refractivity contribution in [1.29, 1.82) is 0 Å². The van der Waals surface area contributed by atoms with Crippen LogP contribution in [0.5, 0.6) is 0 Å². The Labute approximate surface area is 86.5 Å². The summed E-state index contributed by atoms with van der Waals surface area (Å²) in [6.07, 6.45) is 0. The molecule has 0 fully saturated rings. The molecule has 0 amide bonds. The van der Waals surface area contributed by atoms with E-state index in [-0.39, 0.29) is 19.8 Å². The molecule has 86 valence electrons. The standard InChI is InChI=1S/C10H23NO3/c1-4-11(5-2)8-10(3,13)9-14-7-6-12/h12-13H,4-9H2,1-3H3. The molecule has 0 aromatic heterocycles. The summed E-state index contributed by atoms with van der Waals surface area (Å²) >= 11 is 0. The summed E-state index contributed by atoms with van der Waals surface area (Å²) in [4.78, 5) is 2.14. The van der Waals surface area contributed by atoms with Gasteiger partial charge in [0, 0.05) is 6.54 Å². The van der Waals surface area contributed by atoms with Gasteiger partial charge in [0.15, 0.2) is 0 Å². The molecule has 1 atom stereocenters. The Bertz CT molecular complexity index is 135. The molecule has 4 nitrogen and oxygen atoms in total. The molecule has 4 heteroatoms. The first-order valence-electron chi connectivity index (χ1n) is 5.19. The molecule has 0 saturated carbocycles. The first kappa shape index (κ1) is 13.8. The largest absolute Gasteiger partial charge is 0.394 e. The van der Waals surface area contributed by atoms with Crippen molar-refractivity contribution in [2.75, 3.05) is 39.5 Å². The van der Waals surface area contributed by atoms with E-state index >= 15 is 0 Å². The van der Waals surface area contributed by atoms with Crippen LogP contribution in [0.2, 0.25) is 0 Å². The summed E-state index contributed by atoms with van der Waals surface area (Å²) in [7, 11) is 0. The number of hydrogen-bond acceptors (Lipinski definition) is 4. The second kappa shape index (κ2) is 7.17. The van der Waals surface area contributed by atoms with Gasteiger partial charge < -0.3 is 19.8 Å². The van der Waals surface area contributed by atoms with Crippen molar-refractivity contribution in [3.05, 3.63) is 0 Å². The lowest BCUT2D eigenvalue weighted by atomic mass is 10.1. The first-order valence-corrected chi connectivity index (χ1v) is 5.19. The van der Waals surface area contributed by atoms with Crippen LogP contribution in [0.3, 0.4) is 0 Å². The molecular formula is C10H23NO3. The Balaban J connectivity index is 3.79. The van der Waals surface area contributed by atoms with Crippen molar-refractivity contribution in [3.63, 3.8) is 0 Å². The minimum absolute atomic E-state index is 0.00134. The lowest BCUT2D eigenvalue weighted by Gasteiger charge is -2.29. The number of hydrogen-bond donors (Lipinski definition) is 2. The lowest BCUT2D eigenvalue weighted by molar-refractivity contribution is -0.0571. The quantitative estimate of drug-likeness (QED) is 0.551. The zero-order valence-corrected chi connectivity index (χ0v) is 9.49. The van der Waals surface area contributed by atoms with E-state index in [1.54, 1.807) is 6.92 Å². The van der Waals surface area contributed by atoms with E-state index in [0.717, 1.165) is 13.1 Å². The fraction of sp³-hybridized carbons (Fsp3) is 1.00. The second-order valence-corrected chi connectivity index (χ2v) is 3.73. The van der Waals surface area contributed by atoms with Crippen molar-refractivity contribution in [2.45, 2.75) is 26.4 Å². The van der Waals surface area contributed by atoms with E-state index in [2.05, 4.69) is 18.7 Å². The maximum atomic E-state index is 9.93. The molecule has 0 rings (SSSR count). The molecule has 0 aromatic rings. The minimum atomic E-state index is -0.832. The Morgan fingerprint density at radius 2 is 1.86 bits per heavy atom. The molecule has 0 aromatic carbocycles. The van der Waals surface area contributed by atoms with Gasteiger partial charge in [0.05, 0.1) is 25.4 Å². The fourth-order valence-corrected chi connectivity index (χ4v) is 1.33. The molecule has 2 N–H and O–H groups in total. The fourth-order valence-electron chi connectivity index (χ4n) is 1.33. The molecular weight excluding hydrogens is 182 g/mol. The van der Waals surface area contributed by atoms with E-state index in [9.17, 15) is 5.11 Å². The molecule has 0 spiro atoms. The van der Waals surface area contributed by atoms with Gasteiger partial charge in [-0.1, -0.05) is 13.8 Å². The maximum absolute atomic E-state index is 9.93. The van der Waals surface area contributed by atoms with Crippen LogP contribution in [0.4, 0.5) is 0 Å². The molecule has 0 bridgehead atoms. The van der Waals surface area contributed by atoms with Gasteiger partial charge in [-0.05, 0) is 20.0 Å². The van der Waals surface area contributed by atoms with Gasteiger partial charge in [-0.2, -0.15) is 0 Å². The smallest absolute Gasteiger partial charge is 0.0978 e. The highest BCUT2D eigenvalue weighted by atomic mass is 16.5. The van der Waals surface area contributed by atoms with E-state index in [1.165, 1.54) is 0 Å². The van der Waals surface area contributed by atoms with Gasteiger partial charge in [-0.25, -0.2) is 0 Å². The average Bonchev–Trinajstić information content (AvgIpc) is 2.14. The zero-order chi connectivity index (χ0) is 11.0. The first-order chi connectivity index (χ1) is 6.55. The number of ether oxygens (including phenoxy) is 1. The molecule has 0 aliphatic heterocycles. The van der Waals surface area contributed by atoms with E-state index < -0.39 is 5.60 Å². The predicted octanol–water partition coefficient (Wildman–Crippen LogP) is 0.0881. The van der Waals surface area contributed by atoms with Gasteiger partial charge in [0.25, 0.3) is 0 Å². The van der Waals surface area contributed by atoms with Crippen LogP contribution in [0.15, 0.2) is 0 Å². The van der Waals surface area contributed by atoms with Crippen LogP contribution < -0.4 is 0 Å². The Morgan fingerprint density at radius 3 is 2.29 bits per heavy atom. The molecule has 0 aliphatic carbocycles. The Kier molecular flexibility index (Phi) is 7.09. The number of likely N-dealkylation sites (N-methyl/N-ethyl adjacent to an activating group) is 1. The topological polar surface area (TPSA) is 52.9 Å². The number of aliphatic hydroxyl groups excluding tert-OH is 1. The van der Waals surface area contributed by atoms with Gasteiger partial charge >= 0.3 is 0 Å². The van der Waals surface area contributed by atoms with E-state index in [0.29, 0.717) is 6.54 Å². The number of aliphatic hydroxyl groups is 2. The summed E-state index contributed by atoms with van der Waals surface area (Å²) in [6.45, 7) is 8.88. The van der Waals surface area contributed by atoms with Crippen molar-refractivity contribution in [2.24, 2.45) is 0 Å². The van der Waals surface area contributed by atoms with Crippen LogP contribution in [-0.4, -0.2) is 60.2 Å². The van der Waals surface area contributed by atoms with Crippen molar-refractivity contribution in [3.8, 4) is 0 Å².